The van der Waals surface area contributed by atoms with Crippen LogP contribution in [0, 0.1) is 0 Å². The molecule has 0 atom stereocenters. The molecule has 154 valence electrons. The number of halogens is 4. The SMILES string of the molecule is COc1cc(CNC2CCCCC2)cc(Br)c1OCc1ccc(Cl)cc1Cl.Cl. The second kappa shape index (κ2) is 11.5. The van der Waals surface area contributed by atoms with Crippen molar-refractivity contribution in [2.24, 2.45) is 0 Å². The molecule has 0 unspecified atom stereocenters. The summed E-state index contributed by atoms with van der Waals surface area (Å²) in [4.78, 5) is 0. The molecule has 0 heterocycles. The molecule has 0 aliphatic heterocycles. The summed E-state index contributed by atoms with van der Waals surface area (Å²) in [5, 5.41) is 4.86. The van der Waals surface area contributed by atoms with Crippen LogP contribution in [-0.4, -0.2) is 13.2 Å². The predicted molar refractivity (Wildman–Crippen MR) is 122 cm³/mol. The van der Waals surface area contributed by atoms with Gasteiger partial charge >= 0.3 is 0 Å². The number of nitrogens with one attached hydrogen (secondary N) is 1. The number of benzene rings is 2. The van der Waals surface area contributed by atoms with Gasteiger partial charge in [0.2, 0.25) is 0 Å². The van der Waals surface area contributed by atoms with Gasteiger partial charge in [0.25, 0.3) is 0 Å². The quantitative estimate of drug-likeness (QED) is 0.429. The molecule has 0 amide bonds. The van der Waals surface area contributed by atoms with Gasteiger partial charge in [-0.05, 0) is 58.6 Å². The molecule has 0 bridgehead atoms. The molecule has 28 heavy (non-hydrogen) atoms. The fourth-order valence-corrected chi connectivity index (χ4v) is 4.44. The Morgan fingerprint density at radius 3 is 2.54 bits per heavy atom. The number of hydrogen-bond donors (Lipinski definition) is 1. The van der Waals surface area contributed by atoms with Crippen LogP contribution in [0.25, 0.3) is 0 Å². The fourth-order valence-electron chi connectivity index (χ4n) is 3.37. The maximum Gasteiger partial charge on any atom is 0.175 e. The molecule has 1 aliphatic carbocycles. The largest absolute Gasteiger partial charge is 0.493 e. The highest BCUT2D eigenvalue weighted by molar-refractivity contribution is 9.10. The second-order valence-corrected chi connectivity index (χ2v) is 8.55. The summed E-state index contributed by atoms with van der Waals surface area (Å²) in [6, 6.07) is 10.1. The minimum absolute atomic E-state index is 0. The van der Waals surface area contributed by atoms with E-state index < -0.39 is 0 Å². The smallest absolute Gasteiger partial charge is 0.175 e. The first-order valence-corrected chi connectivity index (χ1v) is 10.8. The summed E-state index contributed by atoms with van der Waals surface area (Å²) in [7, 11) is 1.66. The van der Waals surface area contributed by atoms with Crippen LogP contribution in [0.3, 0.4) is 0 Å². The van der Waals surface area contributed by atoms with E-state index in [0.29, 0.717) is 34.2 Å². The zero-order chi connectivity index (χ0) is 19.2. The van der Waals surface area contributed by atoms with Gasteiger partial charge in [0.1, 0.15) is 6.61 Å². The lowest BCUT2D eigenvalue weighted by atomic mass is 9.95. The number of methoxy groups -OCH3 is 1. The third-order valence-corrected chi connectivity index (χ3v) is 6.05. The Morgan fingerprint density at radius 1 is 1.11 bits per heavy atom. The lowest BCUT2D eigenvalue weighted by Crippen LogP contribution is -2.30. The van der Waals surface area contributed by atoms with Crippen LogP contribution in [0.1, 0.15) is 43.2 Å². The van der Waals surface area contributed by atoms with E-state index in [4.69, 9.17) is 32.7 Å². The summed E-state index contributed by atoms with van der Waals surface area (Å²) in [6.45, 7) is 1.16. The molecule has 2 aromatic rings. The van der Waals surface area contributed by atoms with Gasteiger partial charge in [-0.1, -0.05) is 48.5 Å². The van der Waals surface area contributed by atoms with Crippen molar-refractivity contribution >= 4 is 51.5 Å². The Kier molecular flexibility index (Phi) is 9.72. The van der Waals surface area contributed by atoms with Gasteiger partial charge in [-0.2, -0.15) is 0 Å². The highest BCUT2D eigenvalue weighted by atomic mass is 79.9. The normalized spacial score (nSPS) is 14.4. The Balaban J connectivity index is 0.00000280. The Hall–Kier alpha value is -0.650. The van der Waals surface area contributed by atoms with Crippen LogP contribution < -0.4 is 14.8 Å². The van der Waals surface area contributed by atoms with E-state index >= 15 is 0 Å². The van der Waals surface area contributed by atoms with Crippen molar-refractivity contribution in [3.05, 3.63) is 56.0 Å². The van der Waals surface area contributed by atoms with Crippen LogP contribution >= 0.6 is 51.5 Å². The monoisotopic (exact) mass is 507 g/mol. The van der Waals surface area contributed by atoms with Crippen LogP contribution in [0.2, 0.25) is 10.0 Å². The van der Waals surface area contributed by atoms with Gasteiger partial charge in [0, 0.05) is 28.2 Å². The number of rotatable bonds is 7. The molecule has 1 N–H and O–H groups in total. The summed E-state index contributed by atoms with van der Waals surface area (Å²) in [5.41, 5.74) is 2.04. The summed E-state index contributed by atoms with van der Waals surface area (Å²) in [6.07, 6.45) is 6.54. The Labute approximate surface area is 191 Å². The molecule has 0 aromatic heterocycles. The minimum atomic E-state index is 0. The topological polar surface area (TPSA) is 30.5 Å². The zero-order valence-corrected chi connectivity index (χ0v) is 19.7. The minimum Gasteiger partial charge on any atom is -0.493 e. The van der Waals surface area contributed by atoms with Gasteiger partial charge in [0.15, 0.2) is 11.5 Å². The summed E-state index contributed by atoms with van der Waals surface area (Å²) >= 11 is 15.8. The first-order valence-electron chi connectivity index (χ1n) is 9.23. The predicted octanol–water partition coefficient (Wildman–Crippen LogP) is 7.19. The van der Waals surface area contributed by atoms with Crippen LogP contribution in [0.4, 0.5) is 0 Å². The average molecular weight is 510 g/mol. The third kappa shape index (κ3) is 6.43. The van der Waals surface area contributed by atoms with Gasteiger partial charge < -0.3 is 14.8 Å². The molecule has 1 saturated carbocycles. The van der Waals surface area contributed by atoms with E-state index in [-0.39, 0.29) is 12.4 Å². The van der Waals surface area contributed by atoms with E-state index in [9.17, 15) is 0 Å². The van der Waals surface area contributed by atoms with Crippen molar-refractivity contribution in [3.63, 3.8) is 0 Å². The van der Waals surface area contributed by atoms with E-state index in [1.807, 2.05) is 12.1 Å². The third-order valence-electron chi connectivity index (χ3n) is 4.88. The number of hydrogen-bond acceptors (Lipinski definition) is 3. The van der Waals surface area contributed by atoms with Gasteiger partial charge in [-0.25, -0.2) is 0 Å². The van der Waals surface area contributed by atoms with Crippen molar-refractivity contribution in [2.75, 3.05) is 7.11 Å². The van der Waals surface area contributed by atoms with Crippen LogP contribution in [0.15, 0.2) is 34.8 Å². The van der Waals surface area contributed by atoms with Crippen molar-refractivity contribution < 1.29 is 9.47 Å². The first-order chi connectivity index (χ1) is 13.1. The van der Waals surface area contributed by atoms with E-state index in [1.54, 1.807) is 19.2 Å². The molecular weight excluding hydrogens is 484 g/mol. The summed E-state index contributed by atoms with van der Waals surface area (Å²) in [5.74, 6) is 1.37. The standard InChI is InChI=1S/C21H24BrCl2NO2.ClH/c1-26-20-10-14(12-25-17-5-3-2-4-6-17)9-18(22)21(20)27-13-15-7-8-16(23)11-19(15)24;/h7-11,17,25H,2-6,12-13H2,1H3;1H. The molecule has 1 fully saturated rings. The maximum atomic E-state index is 6.23. The molecule has 0 saturated heterocycles. The first kappa shape index (κ1) is 23.6. The van der Waals surface area contributed by atoms with Crippen molar-refractivity contribution in [3.8, 4) is 11.5 Å². The lowest BCUT2D eigenvalue weighted by molar-refractivity contribution is 0.282. The highest BCUT2D eigenvalue weighted by Gasteiger charge is 2.15. The molecule has 0 radical (unpaired) electrons. The molecule has 0 spiro atoms. The summed E-state index contributed by atoms with van der Waals surface area (Å²) < 4.78 is 12.4. The fraction of sp³-hybridized carbons (Fsp3) is 0.429. The Morgan fingerprint density at radius 2 is 1.86 bits per heavy atom. The lowest BCUT2D eigenvalue weighted by Gasteiger charge is -2.23. The molecular formula is C21H25BrCl3NO2. The van der Waals surface area contributed by atoms with E-state index in [0.717, 1.165) is 16.6 Å². The molecule has 1 aliphatic rings. The second-order valence-electron chi connectivity index (χ2n) is 6.85. The molecule has 3 nitrogen and oxygen atoms in total. The average Bonchev–Trinajstić information content (AvgIpc) is 2.67. The molecule has 7 heteroatoms. The zero-order valence-electron chi connectivity index (χ0n) is 15.8. The van der Waals surface area contributed by atoms with Gasteiger partial charge in [-0.15, -0.1) is 12.4 Å². The van der Waals surface area contributed by atoms with Crippen molar-refractivity contribution in [1.29, 1.82) is 0 Å². The highest BCUT2D eigenvalue weighted by Crippen LogP contribution is 2.37. The Bertz CT molecular complexity index is 782. The van der Waals surface area contributed by atoms with Gasteiger partial charge in [0.05, 0.1) is 11.6 Å². The van der Waals surface area contributed by atoms with Gasteiger partial charge in [-0.3, -0.25) is 0 Å². The van der Waals surface area contributed by atoms with Crippen LogP contribution in [0.5, 0.6) is 11.5 Å². The van der Waals surface area contributed by atoms with Crippen molar-refractivity contribution in [1.82, 2.24) is 5.32 Å². The molecule has 2 aromatic carbocycles. The maximum absolute atomic E-state index is 6.23. The van der Waals surface area contributed by atoms with E-state index in [2.05, 4.69) is 27.3 Å². The van der Waals surface area contributed by atoms with Crippen molar-refractivity contribution in [2.45, 2.75) is 51.3 Å². The van der Waals surface area contributed by atoms with Crippen LogP contribution in [-0.2, 0) is 13.2 Å². The molecule has 3 rings (SSSR count). The van der Waals surface area contributed by atoms with E-state index in [1.165, 1.54) is 37.7 Å². The number of ether oxygens (including phenoxy) is 2.